The van der Waals surface area contributed by atoms with E-state index < -0.39 is 10.0 Å². The summed E-state index contributed by atoms with van der Waals surface area (Å²) in [5, 5.41) is 2.92. The molecule has 0 saturated carbocycles. The van der Waals surface area contributed by atoms with E-state index >= 15 is 0 Å². The van der Waals surface area contributed by atoms with Gasteiger partial charge in [-0.2, -0.15) is 0 Å². The lowest BCUT2D eigenvalue weighted by atomic mass is 9.98. The number of aryl methyl sites for hydroxylation is 2. The summed E-state index contributed by atoms with van der Waals surface area (Å²) in [6.45, 7) is 2.65. The van der Waals surface area contributed by atoms with E-state index in [2.05, 4.69) is 5.32 Å². The average Bonchev–Trinajstić information content (AvgIpc) is 2.74. The van der Waals surface area contributed by atoms with E-state index in [0.717, 1.165) is 17.5 Å². The maximum absolute atomic E-state index is 12.8. The summed E-state index contributed by atoms with van der Waals surface area (Å²) in [5.41, 5.74) is 2.76. The molecule has 0 spiro atoms. The molecule has 7 heteroatoms. The van der Waals surface area contributed by atoms with Gasteiger partial charge in [-0.25, -0.2) is 12.7 Å². The SMILES string of the molecule is COc1ccc(C)cc1NC(=O)[C@@H]1CCCN(S(=O)(=O)CCCc2ccccc2)C1. The first-order chi connectivity index (χ1) is 14.4. The first kappa shape index (κ1) is 22.3. The highest BCUT2D eigenvalue weighted by Crippen LogP contribution is 2.27. The molecule has 1 aliphatic rings. The van der Waals surface area contributed by atoms with Gasteiger partial charge in [-0.15, -0.1) is 0 Å². The Morgan fingerprint density at radius 1 is 1.20 bits per heavy atom. The van der Waals surface area contributed by atoms with Gasteiger partial charge in [0.2, 0.25) is 15.9 Å². The first-order valence-electron chi connectivity index (χ1n) is 10.4. The van der Waals surface area contributed by atoms with E-state index in [1.54, 1.807) is 7.11 Å². The number of sulfonamides is 1. The molecule has 6 nitrogen and oxygen atoms in total. The average molecular weight is 431 g/mol. The summed E-state index contributed by atoms with van der Waals surface area (Å²) >= 11 is 0. The zero-order valence-electron chi connectivity index (χ0n) is 17.6. The van der Waals surface area contributed by atoms with Crippen molar-refractivity contribution in [2.75, 3.05) is 31.3 Å². The zero-order chi connectivity index (χ0) is 21.6. The van der Waals surface area contributed by atoms with Crippen molar-refractivity contribution >= 4 is 21.6 Å². The number of nitrogens with zero attached hydrogens (tertiary/aromatic N) is 1. The first-order valence-corrected chi connectivity index (χ1v) is 12.0. The molecule has 0 bridgehead atoms. The van der Waals surface area contributed by atoms with Crippen LogP contribution in [0.25, 0.3) is 0 Å². The Kier molecular flexibility index (Phi) is 7.50. The van der Waals surface area contributed by atoms with Gasteiger partial charge in [-0.05, 0) is 55.9 Å². The second-order valence-corrected chi connectivity index (χ2v) is 9.88. The fourth-order valence-corrected chi connectivity index (χ4v) is 5.38. The molecule has 2 aromatic rings. The quantitative estimate of drug-likeness (QED) is 0.694. The van der Waals surface area contributed by atoms with E-state index in [4.69, 9.17) is 4.74 Å². The molecule has 1 atom stereocenters. The number of nitrogens with one attached hydrogen (secondary N) is 1. The summed E-state index contributed by atoms with van der Waals surface area (Å²) in [6, 6.07) is 15.5. The number of benzene rings is 2. The van der Waals surface area contributed by atoms with Gasteiger partial charge in [0.1, 0.15) is 5.75 Å². The highest BCUT2D eigenvalue weighted by atomic mass is 32.2. The third-order valence-corrected chi connectivity index (χ3v) is 7.39. The van der Waals surface area contributed by atoms with Crippen molar-refractivity contribution in [2.24, 2.45) is 5.92 Å². The van der Waals surface area contributed by atoms with Crippen molar-refractivity contribution in [1.82, 2.24) is 4.31 Å². The van der Waals surface area contributed by atoms with Crippen LogP contribution in [0.15, 0.2) is 48.5 Å². The number of rotatable bonds is 8. The maximum Gasteiger partial charge on any atom is 0.228 e. The van der Waals surface area contributed by atoms with Crippen LogP contribution < -0.4 is 10.1 Å². The van der Waals surface area contributed by atoms with Crippen LogP contribution in [-0.4, -0.2) is 44.6 Å². The second-order valence-electron chi connectivity index (χ2n) is 7.80. The molecule has 0 aliphatic carbocycles. The molecular weight excluding hydrogens is 400 g/mol. The highest BCUT2D eigenvalue weighted by Gasteiger charge is 2.32. The molecule has 1 aliphatic heterocycles. The minimum Gasteiger partial charge on any atom is -0.495 e. The van der Waals surface area contributed by atoms with Crippen LogP contribution in [0.3, 0.4) is 0 Å². The van der Waals surface area contributed by atoms with Crippen molar-refractivity contribution < 1.29 is 17.9 Å². The van der Waals surface area contributed by atoms with Crippen molar-refractivity contribution in [3.8, 4) is 5.75 Å². The van der Waals surface area contributed by atoms with Gasteiger partial charge in [0.05, 0.1) is 24.5 Å². The van der Waals surface area contributed by atoms with Crippen LogP contribution in [0.5, 0.6) is 5.75 Å². The van der Waals surface area contributed by atoms with Crippen molar-refractivity contribution in [1.29, 1.82) is 0 Å². The lowest BCUT2D eigenvalue weighted by Gasteiger charge is -2.31. The molecule has 3 rings (SSSR count). The number of anilines is 1. The van der Waals surface area contributed by atoms with Crippen molar-refractivity contribution in [2.45, 2.75) is 32.6 Å². The van der Waals surface area contributed by atoms with Gasteiger partial charge >= 0.3 is 0 Å². The molecule has 1 amide bonds. The largest absolute Gasteiger partial charge is 0.495 e. The molecule has 1 heterocycles. The Morgan fingerprint density at radius 3 is 2.70 bits per heavy atom. The topological polar surface area (TPSA) is 75.7 Å². The zero-order valence-corrected chi connectivity index (χ0v) is 18.5. The van der Waals surface area contributed by atoms with Crippen LogP contribution >= 0.6 is 0 Å². The Balaban J connectivity index is 1.58. The minimum absolute atomic E-state index is 0.0991. The molecule has 0 aromatic heterocycles. The molecule has 30 heavy (non-hydrogen) atoms. The maximum atomic E-state index is 12.8. The fourth-order valence-electron chi connectivity index (χ4n) is 3.80. The minimum atomic E-state index is -3.38. The van der Waals surface area contributed by atoms with Crippen LogP contribution in [0, 0.1) is 12.8 Å². The third-order valence-electron chi connectivity index (χ3n) is 5.47. The summed E-state index contributed by atoms with van der Waals surface area (Å²) in [7, 11) is -1.82. The molecule has 1 fully saturated rings. The number of carbonyl (C=O) groups excluding carboxylic acids is 1. The van der Waals surface area contributed by atoms with Crippen LogP contribution in [0.4, 0.5) is 5.69 Å². The molecule has 0 radical (unpaired) electrons. The standard InChI is InChI=1S/C23H30N2O4S/c1-18-12-13-22(29-2)21(16-18)24-23(26)20-11-6-14-25(17-20)30(27,28)15-7-10-19-8-4-3-5-9-19/h3-5,8-9,12-13,16,20H,6-7,10-11,14-15,17H2,1-2H3,(H,24,26)/t20-/m1/s1. The number of piperidine rings is 1. The van der Waals surface area contributed by atoms with Crippen LogP contribution in [-0.2, 0) is 21.2 Å². The molecule has 2 aromatic carbocycles. The number of amides is 1. The van der Waals surface area contributed by atoms with E-state index in [1.165, 1.54) is 4.31 Å². The molecule has 0 unspecified atom stereocenters. The smallest absolute Gasteiger partial charge is 0.228 e. The summed E-state index contributed by atoms with van der Waals surface area (Å²) < 4.78 is 32.5. The van der Waals surface area contributed by atoms with E-state index in [9.17, 15) is 13.2 Å². The molecular formula is C23H30N2O4S. The molecule has 1 saturated heterocycles. The second kappa shape index (κ2) is 10.1. The summed E-state index contributed by atoms with van der Waals surface area (Å²) in [4.78, 5) is 12.8. The van der Waals surface area contributed by atoms with Gasteiger partial charge in [0, 0.05) is 13.1 Å². The predicted molar refractivity (Wildman–Crippen MR) is 119 cm³/mol. The highest BCUT2D eigenvalue weighted by molar-refractivity contribution is 7.89. The van der Waals surface area contributed by atoms with Crippen molar-refractivity contribution in [3.63, 3.8) is 0 Å². The number of carbonyl (C=O) groups is 1. The number of hydrogen-bond acceptors (Lipinski definition) is 4. The molecule has 1 N–H and O–H groups in total. The van der Waals surface area contributed by atoms with Crippen molar-refractivity contribution in [3.05, 3.63) is 59.7 Å². The summed E-state index contributed by atoms with van der Waals surface area (Å²) in [6.07, 6.45) is 2.65. The van der Waals surface area contributed by atoms with Gasteiger partial charge in [0.25, 0.3) is 0 Å². The monoisotopic (exact) mass is 430 g/mol. The number of methoxy groups -OCH3 is 1. The normalized spacial score (nSPS) is 17.5. The lowest BCUT2D eigenvalue weighted by Crippen LogP contribution is -2.44. The van der Waals surface area contributed by atoms with Crippen LogP contribution in [0.1, 0.15) is 30.4 Å². The van der Waals surface area contributed by atoms with Crippen LogP contribution in [0.2, 0.25) is 0 Å². The van der Waals surface area contributed by atoms with Gasteiger partial charge in [-0.3, -0.25) is 4.79 Å². The van der Waals surface area contributed by atoms with E-state index in [1.807, 2.05) is 55.5 Å². The predicted octanol–water partition coefficient (Wildman–Crippen LogP) is 3.62. The Bertz CT molecular complexity index is 960. The lowest BCUT2D eigenvalue weighted by molar-refractivity contribution is -0.120. The van der Waals surface area contributed by atoms with Gasteiger partial charge in [-0.1, -0.05) is 36.4 Å². The Labute approximate surface area is 179 Å². The van der Waals surface area contributed by atoms with Gasteiger partial charge in [0.15, 0.2) is 0 Å². The number of hydrogen-bond donors (Lipinski definition) is 1. The Hall–Kier alpha value is -2.38. The summed E-state index contributed by atoms with van der Waals surface area (Å²) in [5.74, 6) is 0.160. The fraction of sp³-hybridized carbons (Fsp3) is 0.435. The third kappa shape index (κ3) is 5.83. The number of ether oxygens (including phenoxy) is 1. The van der Waals surface area contributed by atoms with E-state index in [0.29, 0.717) is 37.2 Å². The van der Waals surface area contributed by atoms with Gasteiger partial charge < -0.3 is 10.1 Å². The Morgan fingerprint density at radius 2 is 1.97 bits per heavy atom. The molecule has 162 valence electrons. The van der Waals surface area contributed by atoms with E-state index in [-0.39, 0.29) is 24.1 Å².